The molecule has 1 fully saturated rings. The lowest BCUT2D eigenvalue weighted by atomic mass is 9.91. The number of aryl methyl sites for hydroxylation is 1. The maximum absolute atomic E-state index is 13.6. The Labute approximate surface area is 185 Å². The third kappa shape index (κ3) is 3.50. The van der Waals surface area contributed by atoms with E-state index in [1.165, 1.54) is 17.4 Å². The molecule has 1 aromatic heterocycles. The van der Waals surface area contributed by atoms with E-state index in [0.29, 0.717) is 40.6 Å². The zero-order valence-corrected chi connectivity index (χ0v) is 19.0. The Hall–Kier alpha value is -2.06. The fraction of sp³-hybridized carbons (Fsp3) is 0.318. The summed E-state index contributed by atoms with van der Waals surface area (Å²) in [4.78, 5) is 5.76. The summed E-state index contributed by atoms with van der Waals surface area (Å²) >= 11 is 4.94. The molecule has 1 heterocycles. The Morgan fingerprint density at radius 3 is 2.33 bits per heavy atom. The van der Waals surface area contributed by atoms with Crippen molar-refractivity contribution < 1.29 is 22.6 Å². The quantitative estimate of drug-likeness (QED) is 0.380. The van der Waals surface area contributed by atoms with E-state index in [9.17, 15) is 13.2 Å². The van der Waals surface area contributed by atoms with Gasteiger partial charge in [0.05, 0.1) is 29.9 Å². The predicted octanol–water partition coefficient (Wildman–Crippen LogP) is 7.00. The van der Waals surface area contributed by atoms with Crippen molar-refractivity contribution in [2.24, 2.45) is 0 Å². The molecule has 3 aromatic rings. The van der Waals surface area contributed by atoms with Crippen molar-refractivity contribution >= 4 is 27.3 Å². The minimum Gasteiger partial charge on any atom is -0.496 e. The molecule has 0 aliphatic heterocycles. The average molecular weight is 498 g/mol. The van der Waals surface area contributed by atoms with Gasteiger partial charge in [-0.3, -0.25) is 0 Å². The van der Waals surface area contributed by atoms with E-state index in [1.54, 1.807) is 32.4 Å². The van der Waals surface area contributed by atoms with Gasteiger partial charge in [0.25, 0.3) is 0 Å². The van der Waals surface area contributed by atoms with Gasteiger partial charge < -0.3 is 9.47 Å². The molecule has 30 heavy (non-hydrogen) atoms. The van der Waals surface area contributed by atoms with Crippen molar-refractivity contribution in [3.05, 3.63) is 61.9 Å². The molecule has 8 heteroatoms. The molecule has 4 rings (SSSR count). The molecule has 0 radical (unpaired) electrons. The lowest BCUT2D eigenvalue weighted by Crippen LogP contribution is -2.17. The summed E-state index contributed by atoms with van der Waals surface area (Å²) in [5.41, 5.74) is 0.523. The van der Waals surface area contributed by atoms with E-state index in [-0.39, 0.29) is 0 Å². The first-order valence-electron chi connectivity index (χ1n) is 9.28. The van der Waals surface area contributed by atoms with E-state index in [4.69, 9.17) is 14.5 Å². The van der Waals surface area contributed by atoms with Gasteiger partial charge in [0, 0.05) is 21.9 Å². The lowest BCUT2D eigenvalue weighted by Gasteiger charge is -2.19. The zero-order valence-electron chi connectivity index (χ0n) is 16.6. The first kappa shape index (κ1) is 21.2. The molecule has 0 N–H and O–H groups in total. The van der Waals surface area contributed by atoms with Crippen molar-refractivity contribution in [2.75, 3.05) is 14.2 Å². The van der Waals surface area contributed by atoms with Crippen molar-refractivity contribution in [1.82, 2.24) is 4.98 Å². The number of hydrogen-bond acceptors (Lipinski definition) is 4. The number of hydrogen-bond donors (Lipinski definition) is 0. The van der Waals surface area contributed by atoms with Gasteiger partial charge in [-0.2, -0.15) is 13.2 Å². The second kappa shape index (κ2) is 7.57. The summed E-state index contributed by atoms with van der Waals surface area (Å²) in [6.07, 6.45) is -3.10. The predicted molar refractivity (Wildman–Crippen MR) is 115 cm³/mol. The Kier molecular flexibility index (Phi) is 5.34. The van der Waals surface area contributed by atoms with Crippen LogP contribution in [0.3, 0.4) is 0 Å². The number of methoxy groups -OCH3 is 2. The molecular weight excluding hydrogens is 479 g/mol. The molecule has 0 bridgehead atoms. The summed E-state index contributed by atoms with van der Waals surface area (Å²) in [5, 5.41) is 0.709. The maximum Gasteiger partial charge on any atom is 0.416 e. The van der Waals surface area contributed by atoms with Crippen LogP contribution in [0.15, 0.2) is 40.9 Å². The summed E-state index contributed by atoms with van der Waals surface area (Å²) in [7, 11) is 3.14. The molecule has 0 atom stereocenters. The number of rotatable bonds is 5. The average Bonchev–Trinajstić information content (AvgIpc) is 3.43. The first-order valence-corrected chi connectivity index (χ1v) is 10.9. The number of ether oxygens (including phenoxy) is 2. The van der Waals surface area contributed by atoms with Crippen LogP contribution in [0.1, 0.15) is 33.9 Å². The Balaban J connectivity index is 1.83. The third-order valence-electron chi connectivity index (χ3n) is 5.43. The minimum absolute atomic E-state index is 0.306. The van der Waals surface area contributed by atoms with Crippen LogP contribution in [0.2, 0.25) is 0 Å². The van der Waals surface area contributed by atoms with Crippen LogP contribution in [0.5, 0.6) is 11.5 Å². The summed E-state index contributed by atoms with van der Waals surface area (Å²) in [6, 6.07) is 9.46. The fourth-order valence-corrected chi connectivity index (χ4v) is 5.46. The molecule has 158 valence electrons. The van der Waals surface area contributed by atoms with Gasteiger partial charge in [-0.15, -0.1) is 11.3 Å². The van der Waals surface area contributed by atoms with Crippen molar-refractivity contribution in [3.63, 3.8) is 0 Å². The summed E-state index contributed by atoms with van der Waals surface area (Å²) < 4.78 is 52.5. The number of aromatic nitrogens is 1. The van der Waals surface area contributed by atoms with Crippen LogP contribution >= 0.6 is 27.3 Å². The number of alkyl halides is 3. The number of nitrogens with zero attached hydrogens (tertiary/aromatic N) is 1. The first-order chi connectivity index (χ1) is 14.2. The molecule has 0 amide bonds. The highest BCUT2D eigenvalue weighted by Gasteiger charge is 2.52. The van der Waals surface area contributed by atoms with Gasteiger partial charge in [-0.05, 0) is 53.4 Å². The Bertz CT molecular complexity index is 1110. The molecular formula is C22H19BrF3NO2S. The van der Waals surface area contributed by atoms with E-state index >= 15 is 0 Å². The van der Waals surface area contributed by atoms with Gasteiger partial charge in [0.15, 0.2) is 0 Å². The molecule has 0 spiro atoms. The van der Waals surface area contributed by atoms with Gasteiger partial charge in [-0.1, -0.05) is 18.2 Å². The number of thiazole rings is 1. The second-order valence-electron chi connectivity index (χ2n) is 7.24. The Morgan fingerprint density at radius 1 is 1.07 bits per heavy atom. The van der Waals surface area contributed by atoms with Crippen LogP contribution in [0.25, 0.3) is 11.3 Å². The monoisotopic (exact) mass is 497 g/mol. The van der Waals surface area contributed by atoms with Gasteiger partial charge >= 0.3 is 6.18 Å². The highest BCUT2D eigenvalue weighted by atomic mass is 79.9. The van der Waals surface area contributed by atoms with Gasteiger partial charge in [0.2, 0.25) is 0 Å². The molecule has 0 saturated heterocycles. The molecule has 0 unspecified atom stereocenters. The van der Waals surface area contributed by atoms with Crippen LogP contribution < -0.4 is 9.47 Å². The smallest absolute Gasteiger partial charge is 0.416 e. The highest BCUT2D eigenvalue weighted by Crippen LogP contribution is 2.58. The number of halogens is 4. The van der Waals surface area contributed by atoms with E-state index in [2.05, 4.69) is 15.9 Å². The lowest BCUT2D eigenvalue weighted by molar-refractivity contribution is -0.138. The molecule has 3 nitrogen and oxygen atoms in total. The van der Waals surface area contributed by atoms with Crippen molar-refractivity contribution in [3.8, 4) is 22.8 Å². The van der Waals surface area contributed by atoms with Crippen molar-refractivity contribution in [1.29, 1.82) is 0 Å². The molecule has 1 aliphatic rings. The highest BCUT2D eigenvalue weighted by molar-refractivity contribution is 9.10. The summed E-state index contributed by atoms with van der Waals surface area (Å²) in [6.45, 7) is 1.93. The van der Waals surface area contributed by atoms with Gasteiger partial charge in [-0.25, -0.2) is 4.98 Å². The maximum atomic E-state index is 13.6. The third-order valence-corrected chi connectivity index (χ3v) is 7.23. The van der Waals surface area contributed by atoms with Crippen LogP contribution in [0, 0.1) is 6.92 Å². The van der Waals surface area contributed by atoms with Crippen LogP contribution in [-0.4, -0.2) is 19.2 Å². The van der Waals surface area contributed by atoms with E-state index in [1.807, 2.05) is 13.0 Å². The van der Waals surface area contributed by atoms with Crippen LogP contribution in [-0.2, 0) is 11.6 Å². The molecule has 1 saturated carbocycles. The Morgan fingerprint density at radius 2 is 1.73 bits per heavy atom. The van der Waals surface area contributed by atoms with E-state index < -0.39 is 17.2 Å². The summed E-state index contributed by atoms with van der Waals surface area (Å²) in [5.74, 6) is 1.22. The van der Waals surface area contributed by atoms with E-state index in [0.717, 1.165) is 21.0 Å². The standard InChI is InChI=1S/C22H19BrF3NO2S/c1-12-19(13-10-16(23)18(29-3)11-17(13)28-2)27-20(30-12)21(8-9-21)14-6-4-5-7-15(14)22(24,25)26/h4-7,10-11H,8-9H2,1-3H3. The zero-order chi connectivity index (χ0) is 21.7. The fourth-order valence-electron chi connectivity index (χ4n) is 3.77. The van der Waals surface area contributed by atoms with Gasteiger partial charge in [0.1, 0.15) is 16.5 Å². The largest absolute Gasteiger partial charge is 0.496 e. The topological polar surface area (TPSA) is 31.4 Å². The SMILES string of the molecule is COc1cc(OC)c(-c2nc(C3(c4ccccc4C(F)(F)F)CC3)sc2C)cc1Br. The molecule has 2 aromatic carbocycles. The number of benzene rings is 2. The second-order valence-corrected chi connectivity index (χ2v) is 9.29. The normalized spacial score (nSPS) is 15.2. The van der Waals surface area contributed by atoms with Crippen LogP contribution in [0.4, 0.5) is 13.2 Å². The minimum atomic E-state index is -4.40. The molecule has 1 aliphatic carbocycles. The van der Waals surface area contributed by atoms with Crippen molar-refractivity contribution in [2.45, 2.75) is 31.4 Å².